The van der Waals surface area contributed by atoms with E-state index in [0.717, 1.165) is 6.42 Å². The van der Waals surface area contributed by atoms with Crippen LogP contribution in [0.3, 0.4) is 0 Å². The summed E-state index contributed by atoms with van der Waals surface area (Å²) in [5.74, 6) is -0.730. The number of rotatable bonds is 3. The Morgan fingerprint density at radius 1 is 1.53 bits per heavy atom. The van der Waals surface area contributed by atoms with Crippen LogP contribution < -0.4 is 5.32 Å². The summed E-state index contributed by atoms with van der Waals surface area (Å²) in [6, 6.07) is -0.316. The Labute approximate surface area is 101 Å². The van der Waals surface area contributed by atoms with Crippen LogP contribution in [0.25, 0.3) is 0 Å². The molecule has 17 heavy (non-hydrogen) atoms. The maximum absolute atomic E-state index is 13.3. The van der Waals surface area contributed by atoms with Crippen LogP contribution in [0.5, 0.6) is 0 Å². The quantitative estimate of drug-likeness (QED) is 0.664. The largest absolute Gasteiger partial charge is 0.390 e. The molecule has 6 heteroatoms. The van der Waals surface area contributed by atoms with Crippen LogP contribution in [0.2, 0.25) is 0 Å². The second-order valence-electron chi connectivity index (χ2n) is 4.54. The van der Waals surface area contributed by atoms with E-state index in [4.69, 9.17) is 0 Å². The SMILES string of the molecule is CCCNC(=O)N1CC(O)C(O)C(C(C)F)C1. The van der Waals surface area contributed by atoms with Gasteiger partial charge in [0.05, 0.1) is 18.8 Å². The first-order chi connectivity index (χ1) is 7.97. The molecule has 0 spiro atoms. The number of nitrogens with zero attached hydrogens (tertiary/aromatic N) is 1. The van der Waals surface area contributed by atoms with E-state index in [-0.39, 0.29) is 19.1 Å². The van der Waals surface area contributed by atoms with Crippen LogP contribution in [0.1, 0.15) is 20.3 Å². The molecule has 3 N–H and O–H groups in total. The molecule has 0 aromatic carbocycles. The van der Waals surface area contributed by atoms with Gasteiger partial charge in [0, 0.05) is 19.0 Å². The molecule has 1 rings (SSSR count). The number of urea groups is 1. The molecule has 2 amide bonds. The lowest BCUT2D eigenvalue weighted by Gasteiger charge is -2.39. The lowest BCUT2D eigenvalue weighted by Crippen LogP contribution is -2.58. The van der Waals surface area contributed by atoms with E-state index < -0.39 is 24.3 Å². The Bertz CT molecular complexity index is 263. The highest BCUT2D eigenvalue weighted by molar-refractivity contribution is 5.74. The molecule has 1 aliphatic rings. The van der Waals surface area contributed by atoms with Crippen molar-refractivity contribution in [2.24, 2.45) is 5.92 Å². The van der Waals surface area contributed by atoms with Crippen LogP contribution in [-0.4, -0.2) is 59.2 Å². The standard InChI is InChI=1S/C11H21FN2O3/c1-3-4-13-11(17)14-5-8(7(2)12)10(16)9(15)6-14/h7-10,15-16H,3-6H2,1-2H3,(H,13,17). The predicted octanol–water partition coefficient (Wildman–Crippen LogP) is 0.118. The molecule has 0 bridgehead atoms. The molecule has 0 saturated carbocycles. The van der Waals surface area contributed by atoms with E-state index in [1.807, 2.05) is 6.92 Å². The number of carbonyl (C=O) groups is 1. The van der Waals surface area contributed by atoms with E-state index in [1.165, 1.54) is 11.8 Å². The molecule has 0 radical (unpaired) electrons. The van der Waals surface area contributed by atoms with Gasteiger partial charge in [-0.3, -0.25) is 0 Å². The van der Waals surface area contributed by atoms with Crippen LogP contribution in [0.4, 0.5) is 9.18 Å². The maximum atomic E-state index is 13.3. The number of piperidine rings is 1. The summed E-state index contributed by atoms with van der Waals surface area (Å²) < 4.78 is 13.3. The van der Waals surface area contributed by atoms with Gasteiger partial charge in [-0.1, -0.05) is 6.92 Å². The van der Waals surface area contributed by atoms with Crippen molar-refractivity contribution in [1.29, 1.82) is 0 Å². The predicted molar refractivity (Wildman–Crippen MR) is 61.3 cm³/mol. The number of hydrogen-bond acceptors (Lipinski definition) is 3. The number of carbonyl (C=O) groups excluding carboxylic acids is 1. The second kappa shape index (κ2) is 6.16. The number of hydrogen-bond donors (Lipinski definition) is 3. The minimum atomic E-state index is -1.26. The molecule has 5 nitrogen and oxygen atoms in total. The molecular weight excluding hydrogens is 227 g/mol. The number of halogens is 1. The smallest absolute Gasteiger partial charge is 0.317 e. The lowest BCUT2D eigenvalue weighted by molar-refractivity contribution is -0.0809. The third-order valence-electron chi connectivity index (χ3n) is 3.07. The fourth-order valence-corrected chi connectivity index (χ4v) is 1.98. The van der Waals surface area contributed by atoms with Gasteiger partial charge >= 0.3 is 6.03 Å². The van der Waals surface area contributed by atoms with Crippen molar-refractivity contribution in [1.82, 2.24) is 10.2 Å². The summed E-state index contributed by atoms with van der Waals surface area (Å²) in [5, 5.41) is 21.9. The topological polar surface area (TPSA) is 72.8 Å². The molecule has 4 unspecified atom stereocenters. The molecule has 1 heterocycles. The first-order valence-electron chi connectivity index (χ1n) is 6.00. The number of alkyl halides is 1. The van der Waals surface area contributed by atoms with Gasteiger partial charge in [-0.2, -0.15) is 0 Å². The van der Waals surface area contributed by atoms with E-state index in [9.17, 15) is 19.4 Å². The Hall–Kier alpha value is -0.880. The van der Waals surface area contributed by atoms with E-state index >= 15 is 0 Å². The van der Waals surface area contributed by atoms with Crippen molar-refractivity contribution in [2.45, 2.75) is 38.6 Å². The molecular formula is C11H21FN2O3. The van der Waals surface area contributed by atoms with Gasteiger partial charge in [0.25, 0.3) is 0 Å². The number of aliphatic hydroxyl groups excluding tert-OH is 2. The summed E-state index contributed by atoms with van der Waals surface area (Å²) in [7, 11) is 0. The summed E-state index contributed by atoms with van der Waals surface area (Å²) in [4.78, 5) is 13.0. The maximum Gasteiger partial charge on any atom is 0.317 e. The zero-order valence-corrected chi connectivity index (χ0v) is 10.3. The number of nitrogens with one attached hydrogen (secondary N) is 1. The minimum absolute atomic E-state index is 0.0416. The summed E-state index contributed by atoms with van der Waals surface area (Å²) in [6.07, 6.45) is -2.64. The van der Waals surface area contributed by atoms with Crippen LogP contribution in [0.15, 0.2) is 0 Å². The molecule has 1 fully saturated rings. The molecule has 0 aromatic rings. The van der Waals surface area contributed by atoms with Crippen LogP contribution in [0, 0.1) is 5.92 Å². The fraction of sp³-hybridized carbons (Fsp3) is 0.909. The molecule has 1 saturated heterocycles. The zero-order valence-electron chi connectivity index (χ0n) is 10.3. The van der Waals surface area contributed by atoms with Gasteiger partial charge in [-0.15, -0.1) is 0 Å². The third-order valence-corrected chi connectivity index (χ3v) is 3.07. The summed E-state index contributed by atoms with van der Waals surface area (Å²) in [6.45, 7) is 3.98. The van der Waals surface area contributed by atoms with Crippen molar-refractivity contribution < 1.29 is 19.4 Å². The van der Waals surface area contributed by atoms with E-state index in [2.05, 4.69) is 5.32 Å². The van der Waals surface area contributed by atoms with Gasteiger partial charge in [-0.25, -0.2) is 9.18 Å². The first kappa shape index (κ1) is 14.2. The molecule has 100 valence electrons. The van der Waals surface area contributed by atoms with Crippen molar-refractivity contribution in [3.8, 4) is 0 Å². The normalized spacial score (nSPS) is 31.1. The Balaban J connectivity index is 2.60. The second-order valence-corrected chi connectivity index (χ2v) is 4.54. The number of amides is 2. The minimum Gasteiger partial charge on any atom is -0.390 e. The highest BCUT2D eigenvalue weighted by atomic mass is 19.1. The summed E-state index contributed by atoms with van der Waals surface area (Å²) >= 11 is 0. The Morgan fingerprint density at radius 3 is 2.71 bits per heavy atom. The molecule has 1 aliphatic heterocycles. The highest BCUT2D eigenvalue weighted by Gasteiger charge is 2.39. The fourth-order valence-electron chi connectivity index (χ4n) is 1.98. The van der Waals surface area contributed by atoms with Gasteiger partial charge < -0.3 is 20.4 Å². The Kier molecular flexibility index (Phi) is 5.14. The monoisotopic (exact) mass is 248 g/mol. The van der Waals surface area contributed by atoms with Crippen molar-refractivity contribution >= 4 is 6.03 Å². The van der Waals surface area contributed by atoms with Gasteiger partial charge in [0.1, 0.15) is 6.17 Å². The van der Waals surface area contributed by atoms with E-state index in [0.29, 0.717) is 6.54 Å². The zero-order chi connectivity index (χ0) is 13.0. The van der Waals surface area contributed by atoms with Crippen molar-refractivity contribution in [3.05, 3.63) is 0 Å². The first-order valence-corrected chi connectivity index (χ1v) is 6.00. The van der Waals surface area contributed by atoms with Crippen molar-refractivity contribution in [3.63, 3.8) is 0 Å². The number of β-amino-alcohol motifs (C(OH)–C–C–N with tert-alkyl or cyclic N) is 1. The molecule has 0 aromatic heterocycles. The average Bonchev–Trinajstić information content (AvgIpc) is 2.28. The number of aliphatic hydroxyl groups is 2. The summed E-state index contributed by atoms with van der Waals surface area (Å²) in [5.41, 5.74) is 0. The highest BCUT2D eigenvalue weighted by Crippen LogP contribution is 2.22. The van der Waals surface area contributed by atoms with Gasteiger partial charge in [0.2, 0.25) is 0 Å². The van der Waals surface area contributed by atoms with Gasteiger partial charge in [0.15, 0.2) is 0 Å². The number of likely N-dealkylation sites (tertiary alicyclic amines) is 1. The average molecular weight is 248 g/mol. The molecule has 4 atom stereocenters. The van der Waals surface area contributed by atoms with Crippen molar-refractivity contribution in [2.75, 3.05) is 19.6 Å². The van der Waals surface area contributed by atoms with Gasteiger partial charge in [-0.05, 0) is 13.3 Å². The van der Waals surface area contributed by atoms with Crippen LogP contribution >= 0.6 is 0 Å². The molecule has 0 aliphatic carbocycles. The van der Waals surface area contributed by atoms with Crippen LogP contribution in [-0.2, 0) is 0 Å². The lowest BCUT2D eigenvalue weighted by atomic mass is 9.89. The Morgan fingerprint density at radius 2 is 2.18 bits per heavy atom. The third kappa shape index (κ3) is 3.54. The van der Waals surface area contributed by atoms with E-state index in [1.54, 1.807) is 0 Å².